The summed E-state index contributed by atoms with van der Waals surface area (Å²) in [5.41, 5.74) is 0.950. The van der Waals surface area contributed by atoms with Crippen LogP contribution >= 0.6 is 12.4 Å². The van der Waals surface area contributed by atoms with E-state index in [1.807, 2.05) is 0 Å². The average Bonchev–Trinajstić information content (AvgIpc) is 2.65. The highest BCUT2D eigenvalue weighted by molar-refractivity contribution is 7.89. The standard InChI is InChI=1S/C17H28N4O3S.ClH/c1-18-25(23,24)16-6-3-15(4-7-16)5-8-17(22)20-9-2-12-21-13-10-19-11-14-21;/h3-4,6-7,18-19H,2,5,8-14H2,1H3,(H,20,22);1H. The van der Waals surface area contributed by atoms with Gasteiger partial charge in [0.2, 0.25) is 15.9 Å². The third-order valence-corrected chi connectivity index (χ3v) is 5.76. The lowest BCUT2D eigenvalue weighted by molar-refractivity contribution is -0.121. The molecule has 9 heteroatoms. The number of benzene rings is 1. The zero-order valence-corrected chi connectivity index (χ0v) is 16.8. The molecule has 1 amide bonds. The fourth-order valence-corrected chi connectivity index (χ4v) is 3.49. The Bertz CT molecular complexity index is 646. The van der Waals surface area contributed by atoms with E-state index in [2.05, 4.69) is 20.3 Å². The van der Waals surface area contributed by atoms with E-state index in [1.165, 1.54) is 7.05 Å². The maximum absolute atomic E-state index is 11.9. The van der Waals surface area contributed by atoms with Crippen molar-refractivity contribution in [2.75, 3.05) is 46.3 Å². The van der Waals surface area contributed by atoms with Crippen molar-refractivity contribution in [3.8, 4) is 0 Å². The Kier molecular flexibility index (Phi) is 10.1. The summed E-state index contributed by atoms with van der Waals surface area (Å²) in [7, 11) is -2.02. The van der Waals surface area contributed by atoms with E-state index < -0.39 is 10.0 Å². The highest BCUT2D eigenvalue weighted by atomic mass is 35.5. The quantitative estimate of drug-likeness (QED) is 0.517. The summed E-state index contributed by atoms with van der Waals surface area (Å²) < 4.78 is 25.6. The van der Waals surface area contributed by atoms with Crippen LogP contribution in [0.1, 0.15) is 18.4 Å². The van der Waals surface area contributed by atoms with Crippen molar-refractivity contribution in [2.24, 2.45) is 0 Å². The van der Waals surface area contributed by atoms with Gasteiger partial charge in [0, 0.05) is 39.1 Å². The minimum atomic E-state index is -3.41. The number of rotatable bonds is 9. The van der Waals surface area contributed by atoms with Crippen LogP contribution in [0.3, 0.4) is 0 Å². The molecule has 0 aliphatic carbocycles. The number of piperazine rings is 1. The molecular weight excluding hydrogens is 376 g/mol. The molecule has 3 N–H and O–H groups in total. The maximum Gasteiger partial charge on any atom is 0.240 e. The number of hydrogen-bond acceptors (Lipinski definition) is 5. The molecule has 1 saturated heterocycles. The third-order valence-electron chi connectivity index (χ3n) is 4.33. The molecule has 148 valence electrons. The van der Waals surface area contributed by atoms with E-state index in [0.717, 1.165) is 44.7 Å². The number of carbonyl (C=O) groups is 1. The van der Waals surface area contributed by atoms with Gasteiger partial charge in [0.25, 0.3) is 0 Å². The molecular formula is C17H29ClN4O3S. The molecule has 0 spiro atoms. The molecule has 2 rings (SSSR count). The fourth-order valence-electron chi connectivity index (χ4n) is 2.76. The van der Waals surface area contributed by atoms with Crippen molar-refractivity contribution in [1.82, 2.24) is 20.3 Å². The SMILES string of the molecule is CNS(=O)(=O)c1ccc(CCC(=O)NCCCN2CCNCC2)cc1.Cl. The van der Waals surface area contributed by atoms with Gasteiger partial charge in [-0.15, -0.1) is 12.4 Å². The minimum Gasteiger partial charge on any atom is -0.356 e. The van der Waals surface area contributed by atoms with Gasteiger partial charge in [0.1, 0.15) is 0 Å². The van der Waals surface area contributed by atoms with Crippen LogP contribution < -0.4 is 15.4 Å². The predicted octanol–water partition coefficient (Wildman–Crippen LogP) is 0.361. The normalized spacial score (nSPS) is 15.3. The molecule has 1 aromatic rings. The van der Waals surface area contributed by atoms with Gasteiger partial charge in [-0.2, -0.15) is 0 Å². The van der Waals surface area contributed by atoms with E-state index in [0.29, 0.717) is 19.4 Å². The van der Waals surface area contributed by atoms with Crippen LogP contribution in [0.4, 0.5) is 0 Å². The number of hydrogen-bond donors (Lipinski definition) is 3. The molecule has 0 saturated carbocycles. The highest BCUT2D eigenvalue weighted by Gasteiger charge is 2.11. The molecule has 26 heavy (non-hydrogen) atoms. The van der Waals surface area contributed by atoms with Gasteiger partial charge in [-0.25, -0.2) is 13.1 Å². The van der Waals surface area contributed by atoms with Crippen molar-refractivity contribution in [2.45, 2.75) is 24.2 Å². The Morgan fingerprint density at radius 1 is 1.19 bits per heavy atom. The summed E-state index contributed by atoms with van der Waals surface area (Å²) >= 11 is 0. The van der Waals surface area contributed by atoms with Gasteiger partial charge in [0.15, 0.2) is 0 Å². The summed E-state index contributed by atoms with van der Waals surface area (Å²) in [5.74, 6) is 0.0345. The van der Waals surface area contributed by atoms with Crippen LogP contribution in [0.5, 0.6) is 0 Å². The lowest BCUT2D eigenvalue weighted by Crippen LogP contribution is -2.44. The molecule has 0 unspecified atom stereocenters. The van der Waals surface area contributed by atoms with E-state index >= 15 is 0 Å². The predicted molar refractivity (Wildman–Crippen MR) is 105 cm³/mol. The van der Waals surface area contributed by atoms with Crippen molar-refractivity contribution < 1.29 is 13.2 Å². The maximum atomic E-state index is 11.9. The number of halogens is 1. The zero-order chi connectivity index (χ0) is 18.1. The Hall–Kier alpha value is -1.19. The molecule has 1 heterocycles. The summed E-state index contributed by atoms with van der Waals surface area (Å²) in [4.78, 5) is 14.5. The van der Waals surface area contributed by atoms with Crippen molar-refractivity contribution in [1.29, 1.82) is 0 Å². The second-order valence-electron chi connectivity index (χ2n) is 6.15. The summed E-state index contributed by atoms with van der Waals surface area (Å²) in [6.07, 6.45) is 1.97. The molecule has 0 atom stereocenters. The van der Waals surface area contributed by atoms with Gasteiger partial charge >= 0.3 is 0 Å². The Labute approximate surface area is 162 Å². The summed E-state index contributed by atoms with van der Waals surface area (Å²) in [6.45, 7) is 5.95. The van der Waals surface area contributed by atoms with Gasteiger partial charge in [-0.05, 0) is 44.1 Å². The smallest absolute Gasteiger partial charge is 0.240 e. The number of nitrogens with one attached hydrogen (secondary N) is 3. The van der Waals surface area contributed by atoms with E-state index in [9.17, 15) is 13.2 Å². The van der Waals surface area contributed by atoms with Crippen LogP contribution in [0.2, 0.25) is 0 Å². The number of nitrogens with zero attached hydrogens (tertiary/aromatic N) is 1. The second-order valence-corrected chi connectivity index (χ2v) is 8.03. The first-order chi connectivity index (χ1) is 12.0. The molecule has 1 aliphatic rings. The van der Waals surface area contributed by atoms with Gasteiger partial charge < -0.3 is 15.5 Å². The van der Waals surface area contributed by atoms with Crippen LogP contribution in [-0.4, -0.2) is 65.5 Å². The van der Waals surface area contributed by atoms with E-state index in [1.54, 1.807) is 24.3 Å². The molecule has 0 aromatic heterocycles. The lowest BCUT2D eigenvalue weighted by Gasteiger charge is -2.27. The Morgan fingerprint density at radius 3 is 2.46 bits per heavy atom. The molecule has 0 radical (unpaired) electrons. The van der Waals surface area contributed by atoms with Crippen molar-refractivity contribution in [3.63, 3.8) is 0 Å². The third kappa shape index (κ3) is 7.59. The Balaban J connectivity index is 0.00000338. The molecule has 7 nitrogen and oxygen atoms in total. The second kappa shape index (κ2) is 11.5. The number of sulfonamides is 1. The van der Waals surface area contributed by atoms with Gasteiger partial charge in [-0.3, -0.25) is 4.79 Å². The largest absolute Gasteiger partial charge is 0.356 e. The number of carbonyl (C=O) groups excluding carboxylic acids is 1. The summed E-state index contributed by atoms with van der Waals surface area (Å²) in [5, 5.41) is 6.27. The fraction of sp³-hybridized carbons (Fsp3) is 0.588. The molecule has 1 fully saturated rings. The van der Waals surface area contributed by atoms with Gasteiger partial charge in [-0.1, -0.05) is 12.1 Å². The van der Waals surface area contributed by atoms with Gasteiger partial charge in [0.05, 0.1) is 4.90 Å². The first-order valence-corrected chi connectivity index (χ1v) is 10.2. The molecule has 0 bridgehead atoms. The number of amides is 1. The first kappa shape index (κ1) is 22.9. The van der Waals surface area contributed by atoms with Crippen LogP contribution in [-0.2, 0) is 21.2 Å². The van der Waals surface area contributed by atoms with E-state index in [4.69, 9.17) is 0 Å². The minimum absolute atomic E-state index is 0. The zero-order valence-electron chi connectivity index (χ0n) is 15.2. The monoisotopic (exact) mass is 404 g/mol. The van der Waals surface area contributed by atoms with E-state index in [-0.39, 0.29) is 23.2 Å². The first-order valence-electron chi connectivity index (χ1n) is 8.73. The average molecular weight is 405 g/mol. The molecule has 1 aromatic carbocycles. The Morgan fingerprint density at radius 2 is 1.85 bits per heavy atom. The van der Waals surface area contributed by atoms with Crippen LogP contribution in [0.15, 0.2) is 29.2 Å². The van der Waals surface area contributed by atoms with Crippen molar-refractivity contribution in [3.05, 3.63) is 29.8 Å². The molecule has 1 aliphatic heterocycles. The van der Waals surface area contributed by atoms with Crippen molar-refractivity contribution >= 4 is 28.3 Å². The van der Waals surface area contributed by atoms with Crippen LogP contribution in [0, 0.1) is 0 Å². The summed E-state index contributed by atoms with van der Waals surface area (Å²) in [6, 6.07) is 6.63. The lowest BCUT2D eigenvalue weighted by atomic mass is 10.1. The highest BCUT2D eigenvalue weighted by Crippen LogP contribution is 2.11. The van der Waals surface area contributed by atoms with Crippen LogP contribution in [0.25, 0.3) is 0 Å². The number of aryl methyl sites for hydroxylation is 1. The topological polar surface area (TPSA) is 90.5 Å².